The van der Waals surface area contributed by atoms with E-state index in [1.54, 1.807) is 13.0 Å². The van der Waals surface area contributed by atoms with Gasteiger partial charge in [-0.15, -0.1) is 0 Å². The van der Waals surface area contributed by atoms with E-state index in [1.165, 1.54) is 0 Å². The van der Waals surface area contributed by atoms with Gasteiger partial charge >= 0.3 is 5.97 Å². The molecule has 0 aromatic rings. The van der Waals surface area contributed by atoms with Crippen LogP contribution < -0.4 is 0 Å². The smallest absolute Gasteiger partial charge is 0.333 e. The molecule has 2 unspecified atom stereocenters. The first-order valence-electron chi connectivity index (χ1n) is 7.29. The van der Waals surface area contributed by atoms with Gasteiger partial charge in [0.1, 0.15) is 6.10 Å². The molecule has 0 aromatic heterocycles. The summed E-state index contributed by atoms with van der Waals surface area (Å²) in [6.07, 6.45) is 11.0. The number of carbonyl (C=O) groups excluding carboxylic acids is 1. The third kappa shape index (κ3) is 5.60. The molecule has 1 aliphatic rings. The monoisotopic (exact) mass is 266 g/mol. The number of hydrogen-bond donors (Lipinski definition) is 0. The summed E-state index contributed by atoms with van der Waals surface area (Å²) >= 11 is 0. The average molecular weight is 266 g/mol. The molecule has 1 fully saturated rings. The van der Waals surface area contributed by atoms with Crippen molar-refractivity contribution in [3.63, 3.8) is 0 Å². The molecule has 1 aliphatic carbocycles. The summed E-state index contributed by atoms with van der Waals surface area (Å²) in [5.41, 5.74) is 0.662. The van der Waals surface area contributed by atoms with Crippen molar-refractivity contribution in [1.29, 1.82) is 0 Å². The fourth-order valence-electron chi connectivity index (χ4n) is 2.15. The number of hydrogen-bond acceptors (Lipinski definition) is 3. The van der Waals surface area contributed by atoms with Gasteiger partial charge in [0.2, 0.25) is 0 Å². The van der Waals surface area contributed by atoms with Crippen molar-refractivity contribution in [2.75, 3.05) is 6.61 Å². The lowest BCUT2D eigenvalue weighted by molar-refractivity contribution is -0.155. The van der Waals surface area contributed by atoms with Crippen LogP contribution in [0.25, 0.3) is 0 Å². The zero-order chi connectivity index (χ0) is 14.1. The number of rotatable bonds is 6. The molecule has 0 aliphatic heterocycles. The minimum absolute atomic E-state index is 0.0452. The highest BCUT2D eigenvalue weighted by Crippen LogP contribution is 2.24. The van der Waals surface area contributed by atoms with Gasteiger partial charge < -0.3 is 9.47 Å². The maximum absolute atomic E-state index is 11.8. The third-order valence-corrected chi connectivity index (χ3v) is 3.46. The molecule has 0 radical (unpaired) electrons. The number of esters is 1. The van der Waals surface area contributed by atoms with Crippen LogP contribution in [0.15, 0.2) is 23.8 Å². The normalized spacial score (nSPS) is 24.7. The van der Waals surface area contributed by atoms with Crippen molar-refractivity contribution in [2.45, 2.75) is 65.1 Å². The van der Waals surface area contributed by atoms with E-state index in [9.17, 15) is 4.79 Å². The molecule has 0 heterocycles. The van der Waals surface area contributed by atoms with Crippen LogP contribution in [-0.4, -0.2) is 24.8 Å². The largest absolute Gasteiger partial charge is 0.456 e. The quantitative estimate of drug-likeness (QED) is 0.417. The van der Waals surface area contributed by atoms with Gasteiger partial charge in [-0.3, -0.25) is 0 Å². The molecule has 3 heteroatoms. The molecule has 0 spiro atoms. The Morgan fingerprint density at radius 2 is 1.89 bits per heavy atom. The summed E-state index contributed by atoms with van der Waals surface area (Å²) in [5, 5.41) is 0. The second kappa shape index (κ2) is 8.92. The van der Waals surface area contributed by atoms with Crippen LogP contribution >= 0.6 is 0 Å². The second-order valence-corrected chi connectivity index (χ2v) is 4.95. The molecular formula is C16H26O3. The molecular weight excluding hydrogens is 240 g/mol. The summed E-state index contributed by atoms with van der Waals surface area (Å²) in [7, 11) is 0. The fourth-order valence-corrected chi connectivity index (χ4v) is 2.15. The van der Waals surface area contributed by atoms with Crippen molar-refractivity contribution < 1.29 is 14.3 Å². The molecule has 0 aromatic carbocycles. The Labute approximate surface area is 116 Å². The Morgan fingerprint density at radius 3 is 2.53 bits per heavy atom. The third-order valence-electron chi connectivity index (χ3n) is 3.46. The van der Waals surface area contributed by atoms with Crippen LogP contribution in [-0.2, 0) is 14.3 Å². The Kier molecular flexibility index (Phi) is 7.49. The van der Waals surface area contributed by atoms with Gasteiger partial charge in [0, 0.05) is 5.57 Å². The first-order valence-corrected chi connectivity index (χ1v) is 7.29. The second-order valence-electron chi connectivity index (χ2n) is 4.95. The summed E-state index contributed by atoms with van der Waals surface area (Å²) in [5.74, 6) is -0.216. The summed E-state index contributed by atoms with van der Waals surface area (Å²) in [6.45, 7) is 6.34. The SMILES string of the molecule is CC=C(C)C(=O)OC1CCCCC1OCC=CCC. The highest BCUT2D eigenvalue weighted by Gasteiger charge is 2.29. The first kappa shape index (κ1) is 16.0. The number of carbonyl (C=O) groups is 1. The van der Waals surface area contributed by atoms with E-state index in [1.807, 2.05) is 13.0 Å². The molecule has 0 saturated heterocycles. The Morgan fingerprint density at radius 1 is 1.21 bits per heavy atom. The van der Waals surface area contributed by atoms with E-state index in [0.29, 0.717) is 12.2 Å². The van der Waals surface area contributed by atoms with E-state index in [2.05, 4.69) is 13.0 Å². The topological polar surface area (TPSA) is 35.5 Å². The highest BCUT2D eigenvalue weighted by molar-refractivity contribution is 5.87. The minimum Gasteiger partial charge on any atom is -0.456 e. The molecule has 108 valence electrons. The lowest BCUT2D eigenvalue weighted by Crippen LogP contribution is -2.36. The van der Waals surface area contributed by atoms with E-state index >= 15 is 0 Å². The van der Waals surface area contributed by atoms with E-state index in [-0.39, 0.29) is 18.2 Å². The van der Waals surface area contributed by atoms with Crippen molar-refractivity contribution >= 4 is 5.97 Å². The highest BCUT2D eigenvalue weighted by atomic mass is 16.6. The predicted molar refractivity (Wildman–Crippen MR) is 77.0 cm³/mol. The molecule has 0 amide bonds. The molecule has 1 saturated carbocycles. The Hall–Kier alpha value is -1.09. The van der Waals surface area contributed by atoms with Crippen molar-refractivity contribution in [1.82, 2.24) is 0 Å². The van der Waals surface area contributed by atoms with E-state index < -0.39 is 0 Å². The summed E-state index contributed by atoms with van der Waals surface area (Å²) < 4.78 is 11.4. The van der Waals surface area contributed by atoms with Crippen molar-refractivity contribution in [3.8, 4) is 0 Å². The predicted octanol–water partition coefficient (Wildman–Crippen LogP) is 3.79. The number of allylic oxidation sites excluding steroid dienone is 2. The van der Waals surface area contributed by atoms with Gasteiger partial charge in [0.05, 0.1) is 12.7 Å². The maximum atomic E-state index is 11.8. The van der Waals surface area contributed by atoms with Crippen LogP contribution in [0.2, 0.25) is 0 Å². The zero-order valence-electron chi connectivity index (χ0n) is 12.4. The molecule has 19 heavy (non-hydrogen) atoms. The Bertz CT molecular complexity index is 331. The molecule has 2 atom stereocenters. The molecule has 3 nitrogen and oxygen atoms in total. The van der Waals surface area contributed by atoms with E-state index in [0.717, 1.165) is 32.1 Å². The van der Waals surface area contributed by atoms with Crippen LogP contribution in [0, 0.1) is 0 Å². The minimum atomic E-state index is -0.216. The molecule has 0 N–H and O–H groups in total. The fraction of sp³-hybridized carbons (Fsp3) is 0.688. The van der Waals surface area contributed by atoms with Crippen LogP contribution in [0.1, 0.15) is 52.9 Å². The Balaban J connectivity index is 2.48. The van der Waals surface area contributed by atoms with Crippen LogP contribution in [0.4, 0.5) is 0 Å². The van der Waals surface area contributed by atoms with Gasteiger partial charge in [-0.05, 0) is 39.5 Å². The van der Waals surface area contributed by atoms with Crippen molar-refractivity contribution in [2.24, 2.45) is 0 Å². The van der Waals surface area contributed by atoms with Gasteiger partial charge in [-0.1, -0.05) is 31.6 Å². The summed E-state index contributed by atoms with van der Waals surface area (Å²) in [4.78, 5) is 11.8. The summed E-state index contributed by atoms with van der Waals surface area (Å²) in [6, 6.07) is 0. The first-order chi connectivity index (χ1) is 9.19. The van der Waals surface area contributed by atoms with Gasteiger partial charge in [0.25, 0.3) is 0 Å². The van der Waals surface area contributed by atoms with Crippen molar-refractivity contribution in [3.05, 3.63) is 23.8 Å². The van der Waals surface area contributed by atoms with Crippen LogP contribution in [0.5, 0.6) is 0 Å². The number of ether oxygens (including phenoxy) is 2. The standard InChI is InChI=1S/C16H26O3/c1-4-6-9-12-18-14-10-7-8-11-15(14)19-16(17)13(3)5-2/h5-6,9,14-15H,4,7-8,10-12H2,1-3H3. The lowest BCUT2D eigenvalue weighted by Gasteiger charge is -2.30. The molecule has 1 rings (SSSR count). The van der Waals surface area contributed by atoms with Gasteiger partial charge in [0.15, 0.2) is 0 Å². The maximum Gasteiger partial charge on any atom is 0.333 e. The molecule has 0 bridgehead atoms. The zero-order valence-corrected chi connectivity index (χ0v) is 12.4. The average Bonchev–Trinajstić information content (AvgIpc) is 2.44. The lowest BCUT2D eigenvalue weighted by atomic mass is 9.94. The van der Waals surface area contributed by atoms with Gasteiger partial charge in [-0.2, -0.15) is 0 Å². The van der Waals surface area contributed by atoms with Crippen LogP contribution in [0.3, 0.4) is 0 Å². The van der Waals surface area contributed by atoms with Gasteiger partial charge in [-0.25, -0.2) is 4.79 Å². The van der Waals surface area contributed by atoms with E-state index in [4.69, 9.17) is 9.47 Å².